The summed E-state index contributed by atoms with van der Waals surface area (Å²) in [6.45, 7) is 2.50. The molecule has 0 spiro atoms. The van der Waals surface area contributed by atoms with Crippen molar-refractivity contribution < 1.29 is 4.79 Å². The standard InChI is InChI=1S/C20H21N3O/c24-19(16-10-12-21-13-11-16)20-22-17-8-4-5-9-18(17)23(20)14-15-6-2-1-3-7-15/h1-9,16,21H,10-14H2. The Morgan fingerprint density at radius 1 is 1.04 bits per heavy atom. The third-order valence-electron chi connectivity index (χ3n) is 4.77. The predicted octanol–water partition coefficient (Wildman–Crippen LogP) is 3.27. The average molecular weight is 319 g/mol. The van der Waals surface area contributed by atoms with Crippen LogP contribution in [0.4, 0.5) is 0 Å². The van der Waals surface area contributed by atoms with Gasteiger partial charge in [-0.05, 0) is 43.6 Å². The van der Waals surface area contributed by atoms with Gasteiger partial charge >= 0.3 is 0 Å². The van der Waals surface area contributed by atoms with Gasteiger partial charge in [0, 0.05) is 12.5 Å². The van der Waals surface area contributed by atoms with E-state index in [0.29, 0.717) is 12.4 Å². The van der Waals surface area contributed by atoms with Crippen molar-refractivity contribution in [3.63, 3.8) is 0 Å². The molecule has 1 N–H and O–H groups in total. The quantitative estimate of drug-likeness (QED) is 0.751. The highest BCUT2D eigenvalue weighted by Crippen LogP contribution is 2.23. The monoisotopic (exact) mass is 319 g/mol. The van der Waals surface area contributed by atoms with Gasteiger partial charge in [0.15, 0.2) is 5.82 Å². The molecule has 0 saturated carbocycles. The van der Waals surface area contributed by atoms with Crippen molar-refractivity contribution in [2.45, 2.75) is 19.4 Å². The molecule has 1 aliphatic heterocycles. The lowest BCUT2D eigenvalue weighted by molar-refractivity contribution is 0.0880. The molecule has 122 valence electrons. The molecular formula is C20H21N3O. The molecule has 0 unspecified atom stereocenters. The zero-order valence-corrected chi connectivity index (χ0v) is 13.6. The van der Waals surface area contributed by atoms with Gasteiger partial charge in [0.1, 0.15) is 0 Å². The van der Waals surface area contributed by atoms with E-state index in [1.807, 2.05) is 42.5 Å². The van der Waals surface area contributed by atoms with E-state index in [-0.39, 0.29) is 11.7 Å². The van der Waals surface area contributed by atoms with E-state index in [1.54, 1.807) is 0 Å². The first-order chi connectivity index (χ1) is 11.8. The van der Waals surface area contributed by atoms with Crippen LogP contribution < -0.4 is 5.32 Å². The average Bonchev–Trinajstić information content (AvgIpc) is 3.01. The molecule has 4 rings (SSSR count). The molecule has 0 radical (unpaired) electrons. The molecule has 24 heavy (non-hydrogen) atoms. The lowest BCUT2D eigenvalue weighted by Gasteiger charge is -2.21. The second-order valence-electron chi connectivity index (χ2n) is 6.38. The third kappa shape index (κ3) is 2.85. The Morgan fingerprint density at radius 3 is 2.54 bits per heavy atom. The number of fused-ring (bicyclic) bond motifs is 1. The van der Waals surface area contributed by atoms with Crippen LogP contribution in [0.2, 0.25) is 0 Å². The number of aromatic nitrogens is 2. The van der Waals surface area contributed by atoms with Gasteiger partial charge in [-0.15, -0.1) is 0 Å². The molecule has 0 amide bonds. The summed E-state index contributed by atoms with van der Waals surface area (Å²) in [4.78, 5) is 17.7. The fraction of sp³-hybridized carbons (Fsp3) is 0.300. The minimum absolute atomic E-state index is 0.0811. The van der Waals surface area contributed by atoms with E-state index >= 15 is 0 Å². The summed E-state index contributed by atoms with van der Waals surface area (Å²) in [5.74, 6) is 0.869. The van der Waals surface area contributed by atoms with Crippen molar-refractivity contribution in [3.05, 3.63) is 66.0 Å². The Bertz CT molecular complexity index is 848. The summed E-state index contributed by atoms with van der Waals surface area (Å²) in [6.07, 6.45) is 1.79. The van der Waals surface area contributed by atoms with Crippen LogP contribution in [0, 0.1) is 5.92 Å². The first kappa shape index (κ1) is 15.1. The Hall–Kier alpha value is -2.46. The maximum atomic E-state index is 13.1. The summed E-state index contributed by atoms with van der Waals surface area (Å²) in [5.41, 5.74) is 3.10. The molecule has 2 heterocycles. The maximum absolute atomic E-state index is 13.1. The lowest BCUT2D eigenvalue weighted by atomic mass is 9.93. The fourth-order valence-electron chi connectivity index (χ4n) is 3.46. The smallest absolute Gasteiger partial charge is 0.201 e. The molecule has 4 nitrogen and oxygen atoms in total. The number of benzene rings is 2. The zero-order chi connectivity index (χ0) is 16.4. The van der Waals surface area contributed by atoms with E-state index < -0.39 is 0 Å². The number of para-hydroxylation sites is 2. The Morgan fingerprint density at radius 2 is 1.75 bits per heavy atom. The highest BCUT2D eigenvalue weighted by atomic mass is 16.1. The van der Waals surface area contributed by atoms with Gasteiger partial charge < -0.3 is 9.88 Å². The van der Waals surface area contributed by atoms with Gasteiger partial charge in [0.25, 0.3) is 0 Å². The van der Waals surface area contributed by atoms with Crippen molar-refractivity contribution in [3.8, 4) is 0 Å². The second kappa shape index (κ2) is 6.57. The number of rotatable bonds is 4. The van der Waals surface area contributed by atoms with Crippen LogP contribution in [0.1, 0.15) is 29.0 Å². The van der Waals surface area contributed by atoms with Crippen LogP contribution in [0.5, 0.6) is 0 Å². The summed E-state index contributed by atoms with van der Waals surface area (Å²) in [5, 5.41) is 3.32. The normalized spacial score (nSPS) is 15.7. The number of hydrogen-bond acceptors (Lipinski definition) is 3. The minimum atomic E-state index is 0.0811. The van der Waals surface area contributed by atoms with Crippen LogP contribution in [-0.2, 0) is 6.54 Å². The predicted molar refractivity (Wildman–Crippen MR) is 95.2 cm³/mol. The molecule has 1 aromatic heterocycles. The summed E-state index contributed by atoms with van der Waals surface area (Å²) in [7, 11) is 0. The molecule has 3 aromatic rings. The fourth-order valence-corrected chi connectivity index (χ4v) is 3.46. The lowest BCUT2D eigenvalue weighted by Crippen LogP contribution is -2.33. The van der Waals surface area contributed by atoms with Crippen LogP contribution in [0.3, 0.4) is 0 Å². The van der Waals surface area contributed by atoms with Crippen molar-refractivity contribution in [2.24, 2.45) is 5.92 Å². The first-order valence-electron chi connectivity index (χ1n) is 8.57. The van der Waals surface area contributed by atoms with E-state index in [4.69, 9.17) is 0 Å². The summed E-state index contributed by atoms with van der Waals surface area (Å²) < 4.78 is 2.08. The van der Waals surface area contributed by atoms with Crippen LogP contribution in [-0.4, -0.2) is 28.4 Å². The van der Waals surface area contributed by atoms with Gasteiger partial charge in [-0.3, -0.25) is 4.79 Å². The van der Waals surface area contributed by atoms with Crippen molar-refractivity contribution in [1.29, 1.82) is 0 Å². The Kier molecular flexibility index (Phi) is 4.13. The number of nitrogens with one attached hydrogen (secondary N) is 1. The SMILES string of the molecule is O=C(c1nc2ccccc2n1Cc1ccccc1)C1CCNCC1. The Balaban J connectivity index is 1.76. The van der Waals surface area contributed by atoms with Gasteiger partial charge in [-0.1, -0.05) is 42.5 Å². The van der Waals surface area contributed by atoms with E-state index in [1.165, 1.54) is 5.56 Å². The molecule has 1 saturated heterocycles. The van der Waals surface area contributed by atoms with E-state index in [9.17, 15) is 4.79 Å². The van der Waals surface area contributed by atoms with Crippen LogP contribution in [0.15, 0.2) is 54.6 Å². The molecular weight excluding hydrogens is 298 g/mol. The molecule has 0 bridgehead atoms. The number of carbonyl (C=O) groups is 1. The molecule has 4 heteroatoms. The molecule has 2 aromatic carbocycles. The van der Waals surface area contributed by atoms with Gasteiger partial charge in [-0.2, -0.15) is 0 Å². The molecule has 1 fully saturated rings. The number of ketones is 1. The van der Waals surface area contributed by atoms with Crippen LogP contribution >= 0.6 is 0 Å². The largest absolute Gasteiger partial charge is 0.317 e. The van der Waals surface area contributed by atoms with Gasteiger partial charge in [0.05, 0.1) is 11.0 Å². The van der Waals surface area contributed by atoms with E-state index in [0.717, 1.165) is 37.0 Å². The number of Topliss-reactive ketones (excluding diaryl/α,β-unsaturated/α-hetero) is 1. The molecule has 0 aliphatic carbocycles. The summed E-state index contributed by atoms with van der Waals surface area (Å²) >= 11 is 0. The highest BCUT2D eigenvalue weighted by molar-refractivity contribution is 5.98. The number of nitrogens with zero attached hydrogens (tertiary/aromatic N) is 2. The topological polar surface area (TPSA) is 46.9 Å². The third-order valence-corrected chi connectivity index (χ3v) is 4.77. The zero-order valence-electron chi connectivity index (χ0n) is 13.6. The van der Waals surface area contributed by atoms with Gasteiger partial charge in [0.2, 0.25) is 5.78 Å². The van der Waals surface area contributed by atoms with Crippen LogP contribution in [0.25, 0.3) is 11.0 Å². The van der Waals surface area contributed by atoms with Crippen molar-refractivity contribution >= 4 is 16.8 Å². The number of imidazole rings is 1. The number of hydrogen-bond donors (Lipinski definition) is 1. The summed E-state index contributed by atoms with van der Waals surface area (Å²) in [6, 6.07) is 18.3. The highest BCUT2D eigenvalue weighted by Gasteiger charge is 2.27. The maximum Gasteiger partial charge on any atom is 0.201 e. The minimum Gasteiger partial charge on any atom is -0.317 e. The number of carbonyl (C=O) groups excluding carboxylic acids is 1. The first-order valence-corrected chi connectivity index (χ1v) is 8.57. The molecule has 0 atom stereocenters. The Labute approximate surface area is 141 Å². The van der Waals surface area contributed by atoms with Crippen molar-refractivity contribution in [2.75, 3.05) is 13.1 Å². The second-order valence-corrected chi connectivity index (χ2v) is 6.38. The number of piperidine rings is 1. The molecule has 1 aliphatic rings. The van der Waals surface area contributed by atoms with E-state index in [2.05, 4.69) is 27.0 Å². The van der Waals surface area contributed by atoms with Gasteiger partial charge in [-0.25, -0.2) is 4.98 Å². The van der Waals surface area contributed by atoms with Crippen molar-refractivity contribution in [1.82, 2.24) is 14.9 Å².